The molecule has 0 aliphatic carbocycles. The summed E-state index contributed by atoms with van der Waals surface area (Å²) >= 11 is 0. The topological polar surface area (TPSA) is 52.6 Å². The highest BCUT2D eigenvalue weighted by molar-refractivity contribution is 5.80. The molecule has 0 saturated carbocycles. The van der Waals surface area contributed by atoms with Gasteiger partial charge in [-0.05, 0) is 61.2 Å². The zero-order valence-electron chi connectivity index (χ0n) is 16.5. The van der Waals surface area contributed by atoms with Crippen molar-refractivity contribution in [2.75, 3.05) is 19.6 Å². The van der Waals surface area contributed by atoms with Gasteiger partial charge < -0.3 is 10.4 Å². The zero-order valence-corrected chi connectivity index (χ0v) is 16.5. The second-order valence-electron chi connectivity index (χ2n) is 8.24. The van der Waals surface area contributed by atoms with E-state index >= 15 is 8.78 Å². The fourth-order valence-electron chi connectivity index (χ4n) is 4.67. The van der Waals surface area contributed by atoms with E-state index in [9.17, 15) is 14.3 Å². The lowest BCUT2D eigenvalue weighted by Crippen LogP contribution is -2.49. The third-order valence-electron chi connectivity index (χ3n) is 6.29. The van der Waals surface area contributed by atoms with E-state index in [0.29, 0.717) is 31.5 Å². The van der Waals surface area contributed by atoms with Crippen molar-refractivity contribution in [1.82, 2.24) is 10.2 Å². The highest BCUT2D eigenvalue weighted by Gasteiger charge is 2.47. The molecule has 1 amide bonds. The van der Waals surface area contributed by atoms with Gasteiger partial charge in [-0.3, -0.25) is 9.69 Å². The molecule has 2 aromatic rings. The molecule has 0 bridgehead atoms. The Balaban J connectivity index is 1.57. The molecule has 0 radical (unpaired) electrons. The molecule has 160 valence electrons. The third kappa shape index (κ3) is 4.31. The average Bonchev–Trinajstić information content (AvgIpc) is 3.12. The van der Waals surface area contributed by atoms with Crippen LogP contribution in [0, 0.1) is 11.7 Å². The summed E-state index contributed by atoms with van der Waals surface area (Å²) in [5, 5.41) is 12.2. The Bertz CT molecular complexity index is 886. The van der Waals surface area contributed by atoms with E-state index < -0.39 is 18.4 Å². The zero-order chi connectivity index (χ0) is 21.3. The SMILES string of the molecule is O=C1NCC[C@H]1C[C@@H](c1ccc(F)cc1)N1CC[C@H](c2ccc(O)cc2)C(F)(F)C1. The van der Waals surface area contributed by atoms with Gasteiger partial charge in [0.25, 0.3) is 5.92 Å². The van der Waals surface area contributed by atoms with Crippen LogP contribution >= 0.6 is 0 Å². The lowest BCUT2D eigenvalue weighted by molar-refractivity contribution is -0.123. The molecule has 7 heteroatoms. The molecular formula is C23H25F3N2O2. The Morgan fingerprint density at radius 1 is 1.10 bits per heavy atom. The molecule has 4 nitrogen and oxygen atoms in total. The molecule has 2 saturated heterocycles. The molecule has 0 unspecified atom stereocenters. The summed E-state index contributed by atoms with van der Waals surface area (Å²) in [4.78, 5) is 13.8. The second-order valence-corrected chi connectivity index (χ2v) is 8.24. The van der Waals surface area contributed by atoms with Crippen LogP contribution in [-0.4, -0.2) is 41.5 Å². The number of hydrogen-bond donors (Lipinski definition) is 2. The maximum atomic E-state index is 15.2. The molecule has 4 rings (SSSR count). The average molecular weight is 418 g/mol. The second kappa shape index (κ2) is 8.30. The monoisotopic (exact) mass is 418 g/mol. The fourth-order valence-corrected chi connectivity index (χ4v) is 4.67. The summed E-state index contributed by atoms with van der Waals surface area (Å²) in [6, 6.07) is 11.5. The number of halogens is 3. The lowest BCUT2D eigenvalue weighted by Gasteiger charge is -2.43. The van der Waals surface area contributed by atoms with Gasteiger partial charge in [0.2, 0.25) is 5.91 Å². The summed E-state index contributed by atoms with van der Waals surface area (Å²) in [6.07, 6.45) is 1.36. The predicted molar refractivity (Wildman–Crippen MR) is 107 cm³/mol. The van der Waals surface area contributed by atoms with Crippen molar-refractivity contribution in [3.05, 3.63) is 65.5 Å². The fraction of sp³-hybridized carbons (Fsp3) is 0.435. The number of likely N-dealkylation sites (tertiary alicyclic amines) is 1. The van der Waals surface area contributed by atoms with Crippen molar-refractivity contribution in [3.63, 3.8) is 0 Å². The third-order valence-corrected chi connectivity index (χ3v) is 6.29. The summed E-state index contributed by atoms with van der Waals surface area (Å²) in [5.74, 6) is -4.52. The van der Waals surface area contributed by atoms with Crippen molar-refractivity contribution in [1.29, 1.82) is 0 Å². The number of carbonyl (C=O) groups is 1. The van der Waals surface area contributed by atoms with Crippen LogP contribution in [0.1, 0.15) is 42.3 Å². The normalized spacial score (nSPS) is 25.1. The number of benzene rings is 2. The molecule has 2 aliphatic heterocycles. The quantitative estimate of drug-likeness (QED) is 0.764. The number of hydrogen-bond acceptors (Lipinski definition) is 3. The number of amides is 1. The van der Waals surface area contributed by atoms with E-state index in [2.05, 4.69) is 5.32 Å². The van der Waals surface area contributed by atoms with Gasteiger partial charge in [-0.1, -0.05) is 24.3 Å². The summed E-state index contributed by atoms with van der Waals surface area (Å²) < 4.78 is 43.8. The van der Waals surface area contributed by atoms with Crippen molar-refractivity contribution in [2.24, 2.45) is 5.92 Å². The first-order chi connectivity index (χ1) is 14.3. The molecule has 0 spiro atoms. The van der Waals surface area contributed by atoms with E-state index in [1.165, 1.54) is 24.3 Å². The largest absolute Gasteiger partial charge is 0.508 e. The van der Waals surface area contributed by atoms with Crippen LogP contribution in [0.4, 0.5) is 13.2 Å². The van der Waals surface area contributed by atoms with Crippen LogP contribution in [0.5, 0.6) is 5.75 Å². The number of phenolic OH excluding ortho intramolecular Hbond substituents is 1. The van der Waals surface area contributed by atoms with Crippen LogP contribution in [0.3, 0.4) is 0 Å². The van der Waals surface area contributed by atoms with Crippen molar-refractivity contribution in [2.45, 2.75) is 37.1 Å². The van der Waals surface area contributed by atoms with Gasteiger partial charge in [-0.2, -0.15) is 0 Å². The maximum Gasteiger partial charge on any atom is 0.267 e. The van der Waals surface area contributed by atoms with Gasteiger partial charge in [0.15, 0.2) is 0 Å². The number of carbonyl (C=O) groups excluding carboxylic acids is 1. The number of nitrogens with zero attached hydrogens (tertiary/aromatic N) is 1. The molecule has 0 aromatic heterocycles. The van der Waals surface area contributed by atoms with Crippen molar-refractivity contribution in [3.8, 4) is 5.75 Å². The Labute approximate surface area is 173 Å². The predicted octanol–water partition coefficient (Wildman–Crippen LogP) is 4.22. The van der Waals surface area contributed by atoms with Crippen LogP contribution in [0.15, 0.2) is 48.5 Å². The van der Waals surface area contributed by atoms with Crippen LogP contribution in [-0.2, 0) is 4.79 Å². The van der Waals surface area contributed by atoms with Crippen molar-refractivity contribution >= 4 is 5.91 Å². The highest BCUT2D eigenvalue weighted by Crippen LogP contribution is 2.44. The van der Waals surface area contributed by atoms with E-state index in [-0.39, 0.29) is 35.9 Å². The van der Waals surface area contributed by atoms with E-state index in [1.807, 2.05) is 0 Å². The van der Waals surface area contributed by atoms with Gasteiger partial charge in [-0.25, -0.2) is 13.2 Å². The van der Waals surface area contributed by atoms with Crippen LogP contribution in [0.2, 0.25) is 0 Å². The number of piperidine rings is 1. The van der Waals surface area contributed by atoms with Crippen LogP contribution in [0.25, 0.3) is 0 Å². The number of nitrogens with one attached hydrogen (secondary N) is 1. The number of aromatic hydroxyl groups is 1. The van der Waals surface area contributed by atoms with Crippen molar-refractivity contribution < 1.29 is 23.1 Å². The first kappa shape index (κ1) is 20.7. The van der Waals surface area contributed by atoms with Gasteiger partial charge >= 0.3 is 0 Å². The lowest BCUT2D eigenvalue weighted by atomic mass is 9.84. The molecule has 2 heterocycles. The first-order valence-corrected chi connectivity index (χ1v) is 10.3. The molecule has 2 aromatic carbocycles. The first-order valence-electron chi connectivity index (χ1n) is 10.3. The molecule has 3 atom stereocenters. The van der Waals surface area contributed by atoms with E-state index in [1.54, 1.807) is 29.2 Å². The van der Waals surface area contributed by atoms with Gasteiger partial charge in [0.1, 0.15) is 11.6 Å². The van der Waals surface area contributed by atoms with E-state index in [4.69, 9.17) is 0 Å². The Hall–Kier alpha value is -2.54. The minimum Gasteiger partial charge on any atom is -0.508 e. The number of phenols is 1. The molecule has 2 fully saturated rings. The van der Waals surface area contributed by atoms with E-state index in [0.717, 1.165) is 5.56 Å². The standard InChI is InChI=1S/C23H25F3N2O2/c24-18-5-1-16(2-6-18)21(13-17-9-11-27-22(17)30)28-12-10-20(23(25,26)14-28)15-3-7-19(29)8-4-15/h1-8,17,20-21,29H,9-14H2,(H,27,30)/t17-,20+,21-/m0/s1. The van der Waals surface area contributed by atoms with Gasteiger partial charge in [0, 0.05) is 18.5 Å². The molecule has 2 aliphatic rings. The number of alkyl halides is 2. The minimum absolute atomic E-state index is 0.0470. The molecule has 2 N–H and O–H groups in total. The summed E-state index contributed by atoms with van der Waals surface area (Å²) in [7, 11) is 0. The summed E-state index contributed by atoms with van der Waals surface area (Å²) in [5.41, 5.74) is 1.25. The Morgan fingerprint density at radius 3 is 2.40 bits per heavy atom. The van der Waals surface area contributed by atoms with Gasteiger partial charge in [-0.15, -0.1) is 0 Å². The molecular weight excluding hydrogens is 393 g/mol. The Morgan fingerprint density at radius 2 is 1.80 bits per heavy atom. The van der Waals surface area contributed by atoms with Crippen LogP contribution < -0.4 is 5.32 Å². The number of rotatable bonds is 5. The summed E-state index contributed by atoms with van der Waals surface area (Å²) in [6.45, 7) is 0.602. The van der Waals surface area contributed by atoms with Gasteiger partial charge in [0.05, 0.1) is 12.5 Å². The maximum absolute atomic E-state index is 15.2. The Kier molecular flexibility index (Phi) is 5.73. The molecule has 30 heavy (non-hydrogen) atoms. The minimum atomic E-state index is -2.97. The smallest absolute Gasteiger partial charge is 0.267 e. The highest BCUT2D eigenvalue weighted by atomic mass is 19.3.